The van der Waals surface area contributed by atoms with E-state index in [0.29, 0.717) is 18.4 Å². The second-order valence-corrected chi connectivity index (χ2v) is 6.38. The maximum atomic E-state index is 12.1. The summed E-state index contributed by atoms with van der Waals surface area (Å²) < 4.78 is 0. The van der Waals surface area contributed by atoms with E-state index in [0.717, 1.165) is 38.0 Å². The first-order chi connectivity index (χ1) is 10.2. The molecule has 3 rings (SSSR count). The molecule has 1 amide bonds. The van der Waals surface area contributed by atoms with Gasteiger partial charge in [0.1, 0.15) is 0 Å². The van der Waals surface area contributed by atoms with Crippen molar-refractivity contribution in [2.45, 2.75) is 57.2 Å². The molecule has 0 bridgehead atoms. The third-order valence-corrected chi connectivity index (χ3v) is 5.41. The molecule has 21 heavy (non-hydrogen) atoms. The van der Waals surface area contributed by atoms with Gasteiger partial charge in [-0.05, 0) is 44.4 Å². The van der Waals surface area contributed by atoms with Gasteiger partial charge in [0.25, 0.3) is 0 Å². The van der Waals surface area contributed by atoms with E-state index in [-0.39, 0.29) is 5.54 Å². The van der Waals surface area contributed by atoms with E-state index in [4.69, 9.17) is 0 Å². The summed E-state index contributed by atoms with van der Waals surface area (Å²) in [5.41, 5.74) is 1.18. The van der Waals surface area contributed by atoms with Crippen LogP contribution >= 0.6 is 0 Å². The number of rotatable bonds is 3. The Labute approximate surface area is 127 Å². The van der Waals surface area contributed by atoms with Gasteiger partial charge < -0.3 is 4.90 Å². The number of piperidine rings is 1. The lowest BCUT2D eigenvalue weighted by Crippen LogP contribution is -2.61. The molecule has 3 heterocycles. The molecule has 4 heteroatoms. The number of pyridine rings is 1. The van der Waals surface area contributed by atoms with Crippen LogP contribution in [0.25, 0.3) is 0 Å². The monoisotopic (exact) mass is 287 g/mol. The highest BCUT2D eigenvalue weighted by Crippen LogP contribution is 2.42. The van der Waals surface area contributed by atoms with Gasteiger partial charge in [-0.2, -0.15) is 0 Å². The van der Waals surface area contributed by atoms with Crippen LogP contribution in [0.5, 0.6) is 0 Å². The van der Waals surface area contributed by atoms with Crippen LogP contribution in [0.2, 0.25) is 0 Å². The van der Waals surface area contributed by atoms with Crippen molar-refractivity contribution in [1.29, 1.82) is 0 Å². The van der Waals surface area contributed by atoms with E-state index in [2.05, 4.69) is 22.9 Å². The average Bonchev–Trinajstić information content (AvgIpc) is 2.78. The number of likely N-dealkylation sites (N-methyl/N-ethyl adjacent to an activating group) is 1. The highest BCUT2D eigenvalue weighted by Gasteiger charge is 2.51. The zero-order valence-electron chi connectivity index (χ0n) is 13.1. The lowest BCUT2D eigenvalue weighted by molar-refractivity contribution is -0.133. The predicted octanol–water partition coefficient (Wildman–Crippen LogP) is 2.45. The Bertz CT molecular complexity index is 504. The zero-order valence-corrected chi connectivity index (χ0v) is 13.1. The summed E-state index contributed by atoms with van der Waals surface area (Å²) in [4.78, 5) is 21.1. The van der Waals surface area contributed by atoms with Crippen LogP contribution in [0.1, 0.15) is 44.7 Å². The molecule has 114 valence electrons. The highest BCUT2D eigenvalue weighted by molar-refractivity contribution is 5.79. The van der Waals surface area contributed by atoms with Crippen LogP contribution in [-0.4, -0.2) is 45.9 Å². The molecule has 2 aliphatic heterocycles. The van der Waals surface area contributed by atoms with Gasteiger partial charge in [0.05, 0.1) is 11.2 Å². The maximum absolute atomic E-state index is 12.1. The normalized spacial score (nSPS) is 30.3. The van der Waals surface area contributed by atoms with Crippen molar-refractivity contribution in [3.63, 3.8) is 0 Å². The molecule has 1 aromatic heterocycles. The minimum Gasteiger partial charge on any atom is -0.338 e. The molecule has 2 aliphatic rings. The third-order valence-electron chi connectivity index (χ3n) is 5.41. The topological polar surface area (TPSA) is 36.4 Å². The van der Waals surface area contributed by atoms with Crippen LogP contribution in [0.3, 0.4) is 0 Å². The van der Waals surface area contributed by atoms with Crippen molar-refractivity contribution in [3.05, 3.63) is 30.1 Å². The molecule has 0 aromatic carbocycles. The number of nitrogens with zero attached hydrogens (tertiary/aromatic N) is 3. The SMILES string of the molecule is CC[C@@H]1N(Cc2ccccn2)CCC[C@]12CCC(=O)N2C. The van der Waals surface area contributed by atoms with E-state index >= 15 is 0 Å². The van der Waals surface area contributed by atoms with Crippen LogP contribution < -0.4 is 0 Å². The predicted molar refractivity (Wildman–Crippen MR) is 82.7 cm³/mol. The van der Waals surface area contributed by atoms with Crippen LogP contribution in [0.4, 0.5) is 0 Å². The molecule has 4 nitrogen and oxygen atoms in total. The fourth-order valence-corrected chi connectivity index (χ4v) is 4.37. The van der Waals surface area contributed by atoms with E-state index in [9.17, 15) is 4.79 Å². The van der Waals surface area contributed by atoms with Crippen molar-refractivity contribution in [2.24, 2.45) is 0 Å². The molecule has 0 unspecified atom stereocenters. The van der Waals surface area contributed by atoms with E-state index in [1.165, 1.54) is 6.42 Å². The fraction of sp³-hybridized carbons (Fsp3) is 0.647. The molecule has 0 radical (unpaired) electrons. The first kappa shape index (κ1) is 14.5. The van der Waals surface area contributed by atoms with Crippen molar-refractivity contribution in [2.75, 3.05) is 13.6 Å². The van der Waals surface area contributed by atoms with Crippen molar-refractivity contribution in [3.8, 4) is 0 Å². The molecule has 0 saturated carbocycles. The second-order valence-electron chi connectivity index (χ2n) is 6.38. The fourth-order valence-electron chi connectivity index (χ4n) is 4.37. The number of carbonyl (C=O) groups is 1. The molecular formula is C17H25N3O. The Kier molecular flexibility index (Phi) is 3.98. The molecule has 0 aliphatic carbocycles. The largest absolute Gasteiger partial charge is 0.338 e. The maximum Gasteiger partial charge on any atom is 0.222 e. The Morgan fingerprint density at radius 1 is 1.38 bits per heavy atom. The first-order valence-corrected chi connectivity index (χ1v) is 8.08. The first-order valence-electron chi connectivity index (χ1n) is 8.08. The number of hydrogen-bond acceptors (Lipinski definition) is 3. The van der Waals surface area contributed by atoms with Crippen molar-refractivity contribution < 1.29 is 4.79 Å². The lowest BCUT2D eigenvalue weighted by Gasteiger charge is -2.51. The average molecular weight is 287 g/mol. The van der Waals surface area contributed by atoms with Crippen LogP contribution in [-0.2, 0) is 11.3 Å². The van der Waals surface area contributed by atoms with Crippen LogP contribution in [0, 0.1) is 0 Å². The van der Waals surface area contributed by atoms with Gasteiger partial charge in [0.2, 0.25) is 5.91 Å². The smallest absolute Gasteiger partial charge is 0.222 e. The molecule has 2 atom stereocenters. The van der Waals surface area contributed by atoms with Crippen LogP contribution in [0.15, 0.2) is 24.4 Å². The van der Waals surface area contributed by atoms with E-state index < -0.39 is 0 Å². The Morgan fingerprint density at radius 2 is 2.24 bits per heavy atom. The molecule has 1 aromatic rings. The highest BCUT2D eigenvalue weighted by atomic mass is 16.2. The van der Waals surface area contributed by atoms with E-state index in [1.54, 1.807) is 0 Å². The number of likely N-dealkylation sites (tertiary alicyclic amines) is 2. The van der Waals surface area contributed by atoms with Crippen molar-refractivity contribution >= 4 is 5.91 Å². The number of carbonyl (C=O) groups excluding carboxylic acids is 1. The Balaban J connectivity index is 1.83. The minimum absolute atomic E-state index is 0.0544. The summed E-state index contributed by atoms with van der Waals surface area (Å²) in [5.74, 6) is 0.313. The Morgan fingerprint density at radius 3 is 2.86 bits per heavy atom. The standard InChI is InChI=1S/C17H25N3O/c1-3-15-17(10-8-16(21)19(17)2)9-6-12-20(15)13-14-7-4-5-11-18-14/h4-5,7,11,15H,3,6,8-10,12-13H2,1-2H3/t15-,17-/m0/s1. The van der Waals surface area contributed by atoms with Gasteiger partial charge >= 0.3 is 0 Å². The van der Waals surface area contributed by atoms with Gasteiger partial charge in [0, 0.05) is 32.3 Å². The molecule has 2 saturated heterocycles. The van der Waals surface area contributed by atoms with Gasteiger partial charge in [-0.3, -0.25) is 14.7 Å². The van der Waals surface area contributed by atoms with Gasteiger partial charge in [-0.1, -0.05) is 13.0 Å². The zero-order chi connectivity index (χ0) is 14.9. The summed E-state index contributed by atoms with van der Waals surface area (Å²) in [6, 6.07) is 6.55. The molecule has 0 N–H and O–H groups in total. The summed E-state index contributed by atoms with van der Waals surface area (Å²) in [6.07, 6.45) is 6.99. The summed E-state index contributed by atoms with van der Waals surface area (Å²) in [5, 5.41) is 0. The summed E-state index contributed by atoms with van der Waals surface area (Å²) in [6.45, 7) is 4.25. The lowest BCUT2D eigenvalue weighted by atomic mass is 9.77. The van der Waals surface area contributed by atoms with Gasteiger partial charge in [-0.25, -0.2) is 0 Å². The van der Waals surface area contributed by atoms with E-state index in [1.807, 2.05) is 30.3 Å². The second kappa shape index (κ2) is 5.76. The molecule has 1 spiro atoms. The Hall–Kier alpha value is -1.42. The quantitative estimate of drug-likeness (QED) is 0.857. The summed E-state index contributed by atoms with van der Waals surface area (Å²) in [7, 11) is 2.00. The third kappa shape index (κ3) is 2.46. The number of amides is 1. The number of aromatic nitrogens is 1. The van der Waals surface area contributed by atoms with Gasteiger partial charge in [-0.15, -0.1) is 0 Å². The van der Waals surface area contributed by atoms with Gasteiger partial charge in [0.15, 0.2) is 0 Å². The molecular weight excluding hydrogens is 262 g/mol. The minimum atomic E-state index is 0.0544. The van der Waals surface area contributed by atoms with Crippen molar-refractivity contribution in [1.82, 2.24) is 14.8 Å². The number of hydrogen-bond donors (Lipinski definition) is 0. The molecule has 2 fully saturated rings. The summed E-state index contributed by atoms with van der Waals surface area (Å²) >= 11 is 0.